The second-order valence-electron chi connectivity index (χ2n) is 5.64. The van der Waals surface area contributed by atoms with Crippen LogP contribution < -0.4 is 0 Å². The second-order valence-corrected chi connectivity index (χ2v) is 5.64. The van der Waals surface area contributed by atoms with Gasteiger partial charge in [0.1, 0.15) is 0 Å². The van der Waals surface area contributed by atoms with E-state index in [0.29, 0.717) is 6.04 Å². The van der Waals surface area contributed by atoms with Gasteiger partial charge in [0.2, 0.25) is 5.91 Å². The van der Waals surface area contributed by atoms with E-state index in [1.54, 1.807) is 18.5 Å². The maximum Gasteiger partial charge on any atom is 0.246 e. The average molecular weight is 292 g/mol. The first-order chi connectivity index (χ1) is 10.8. The number of hydrogen-bond acceptors (Lipinski definition) is 2. The first-order valence-corrected chi connectivity index (χ1v) is 7.75. The maximum atomic E-state index is 12.4. The maximum absolute atomic E-state index is 12.4. The monoisotopic (exact) mass is 292 g/mol. The molecule has 0 N–H and O–H groups in total. The summed E-state index contributed by atoms with van der Waals surface area (Å²) in [4.78, 5) is 18.5. The molecule has 3 nitrogen and oxygen atoms in total. The number of rotatable bonds is 4. The van der Waals surface area contributed by atoms with E-state index in [9.17, 15) is 4.79 Å². The van der Waals surface area contributed by atoms with E-state index < -0.39 is 0 Å². The summed E-state index contributed by atoms with van der Waals surface area (Å²) in [5, 5.41) is 0. The minimum atomic E-state index is 0.0993. The number of aromatic nitrogens is 1. The van der Waals surface area contributed by atoms with Crippen LogP contribution in [0, 0.1) is 0 Å². The number of carbonyl (C=O) groups excluding carboxylic acids is 1. The van der Waals surface area contributed by atoms with Gasteiger partial charge in [-0.05, 0) is 42.5 Å². The van der Waals surface area contributed by atoms with Gasteiger partial charge < -0.3 is 4.90 Å². The lowest BCUT2D eigenvalue weighted by Gasteiger charge is -2.23. The van der Waals surface area contributed by atoms with Gasteiger partial charge in [-0.3, -0.25) is 9.78 Å². The third-order valence-electron chi connectivity index (χ3n) is 4.08. The molecular formula is C19H20N2O. The molecule has 1 aliphatic rings. The number of likely N-dealkylation sites (tertiary alicyclic amines) is 1. The molecule has 0 aliphatic carbocycles. The zero-order valence-electron chi connectivity index (χ0n) is 12.6. The third kappa shape index (κ3) is 3.61. The van der Waals surface area contributed by atoms with Crippen LogP contribution in [0.2, 0.25) is 0 Å². The lowest BCUT2D eigenvalue weighted by atomic mass is 10.0. The lowest BCUT2D eigenvalue weighted by molar-refractivity contribution is -0.126. The summed E-state index contributed by atoms with van der Waals surface area (Å²) in [6.45, 7) is 0.855. The molecule has 2 aromatic rings. The fraction of sp³-hybridized carbons (Fsp3) is 0.263. The molecule has 22 heavy (non-hydrogen) atoms. The van der Waals surface area contributed by atoms with Crippen molar-refractivity contribution >= 4 is 12.0 Å². The van der Waals surface area contributed by atoms with E-state index >= 15 is 0 Å². The summed E-state index contributed by atoms with van der Waals surface area (Å²) >= 11 is 0. The van der Waals surface area contributed by atoms with Crippen molar-refractivity contribution in [3.05, 3.63) is 72.1 Å². The van der Waals surface area contributed by atoms with Gasteiger partial charge in [-0.15, -0.1) is 0 Å². The molecule has 1 aromatic carbocycles. The van der Waals surface area contributed by atoms with Gasteiger partial charge in [0, 0.05) is 31.1 Å². The Hall–Kier alpha value is -2.42. The molecule has 3 heteroatoms. The van der Waals surface area contributed by atoms with E-state index in [4.69, 9.17) is 0 Å². The quantitative estimate of drug-likeness (QED) is 0.810. The van der Waals surface area contributed by atoms with Crippen molar-refractivity contribution < 1.29 is 4.79 Å². The Kier molecular flexibility index (Phi) is 4.64. The molecule has 1 aromatic heterocycles. The zero-order chi connectivity index (χ0) is 15.2. The fourth-order valence-electron chi connectivity index (χ4n) is 2.96. The summed E-state index contributed by atoms with van der Waals surface area (Å²) in [5.41, 5.74) is 2.25. The molecule has 1 saturated heterocycles. The molecule has 1 atom stereocenters. The van der Waals surface area contributed by atoms with Gasteiger partial charge >= 0.3 is 0 Å². The van der Waals surface area contributed by atoms with Gasteiger partial charge in [0.25, 0.3) is 0 Å². The highest BCUT2D eigenvalue weighted by atomic mass is 16.2. The number of hydrogen-bond donors (Lipinski definition) is 0. The van der Waals surface area contributed by atoms with Crippen molar-refractivity contribution in [3.63, 3.8) is 0 Å². The molecule has 0 saturated carbocycles. The van der Waals surface area contributed by atoms with Crippen LogP contribution in [0.25, 0.3) is 6.08 Å². The zero-order valence-corrected chi connectivity index (χ0v) is 12.6. The molecule has 0 bridgehead atoms. The molecule has 1 aliphatic heterocycles. The number of benzene rings is 1. The fourth-order valence-corrected chi connectivity index (χ4v) is 2.96. The van der Waals surface area contributed by atoms with Crippen LogP contribution in [-0.4, -0.2) is 28.4 Å². The van der Waals surface area contributed by atoms with E-state index in [1.165, 1.54) is 5.56 Å². The molecule has 1 unspecified atom stereocenters. The number of nitrogens with zero attached hydrogens (tertiary/aromatic N) is 2. The van der Waals surface area contributed by atoms with Gasteiger partial charge in [-0.25, -0.2) is 0 Å². The van der Waals surface area contributed by atoms with Gasteiger partial charge in [0.05, 0.1) is 0 Å². The molecule has 2 heterocycles. The summed E-state index contributed by atoms with van der Waals surface area (Å²) in [5.74, 6) is 0.0993. The molecule has 0 spiro atoms. The van der Waals surface area contributed by atoms with Crippen molar-refractivity contribution in [2.24, 2.45) is 0 Å². The van der Waals surface area contributed by atoms with E-state index in [2.05, 4.69) is 29.2 Å². The van der Waals surface area contributed by atoms with Crippen LogP contribution >= 0.6 is 0 Å². The molecule has 1 fully saturated rings. The average Bonchev–Trinajstić information content (AvgIpc) is 3.03. The number of pyridine rings is 1. The van der Waals surface area contributed by atoms with Crippen LogP contribution in [0.5, 0.6) is 0 Å². The van der Waals surface area contributed by atoms with E-state index in [1.807, 2.05) is 29.2 Å². The van der Waals surface area contributed by atoms with Crippen LogP contribution in [0.1, 0.15) is 24.0 Å². The van der Waals surface area contributed by atoms with Crippen molar-refractivity contribution in [1.82, 2.24) is 9.88 Å². The Bertz CT molecular complexity index is 637. The topological polar surface area (TPSA) is 33.2 Å². The van der Waals surface area contributed by atoms with Crippen molar-refractivity contribution in [2.75, 3.05) is 6.54 Å². The number of carbonyl (C=O) groups is 1. The van der Waals surface area contributed by atoms with Gasteiger partial charge in [0.15, 0.2) is 0 Å². The largest absolute Gasteiger partial charge is 0.336 e. The SMILES string of the molecule is O=C(/C=C/c1cccnc1)N1CCCC1Cc1ccccc1. The Balaban J connectivity index is 1.65. The van der Waals surface area contributed by atoms with Crippen LogP contribution in [0.4, 0.5) is 0 Å². The predicted octanol–water partition coefficient (Wildman–Crippen LogP) is 3.33. The highest BCUT2D eigenvalue weighted by Gasteiger charge is 2.27. The second kappa shape index (κ2) is 7.03. The Morgan fingerprint density at radius 2 is 2.09 bits per heavy atom. The smallest absolute Gasteiger partial charge is 0.246 e. The first kappa shape index (κ1) is 14.5. The first-order valence-electron chi connectivity index (χ1n) is 7.75. The van der Waals surface area contributed by atoms with E-state index in [-0.39, 0.29) is 5.91 Å². The Morgan fingerprint density at radius 1 is 1.23 bits per heavy atom. The predicted molar refractivity (Wildman–Crippen MR) is 88.2 cm³/mol. The Morgan fingerprint density at radius 3 is 2.86 bits per heavy atom. The van der Waals surface area contributed by atoms with Crippen LogP contribution in [0.3, 0.4) is 0 Å². The van der Waals surface area contributed by atoms with Crippen molar-refractivity contribution in [1.29, 1.82) is 0 Å². The number of amides is 1. The summed E-state index contributed by atoms with van der Waals surface area (Å²) < 4.78 is 0. The summed E-state index contributed by atoms with van der Waals surface area (Å²) in [6, 6.07) is 14.5. The van der Waals surface area contributed by atoms with Gasteiger partial charge in [-0.1, -0.05) is 36.4 Å². The summed E-state index contributed by atoms with van der Waals surface area (Å²) in [6.07, 6.45) is 10.1. The highest BCUT2D eigenvalue weighted by Crippen LogP contribution is 2.21. The molecule has 0 radical (unpaired) electrons. The Labute approximate surface area is 131 Å². The van der Waals surface area contributed by atoms with Gasteiger partial charge in [-0.2, -0.15) is 0 Å². The van der Waals surface area contributed by atoms with Crippen molar-refractivity contribution in [3.8, 4) is 0 Å². The normalized spacial score (nSPS) is 18.0. The minimum absolute atomic E-state index is 0.0993. The van der Waals surface area contributed by atoms with E-state index in [0.717, 1.165) is 31.4 Å². The molecular weight excluding hydrogens is 272 g/mol. The molecule has 3 rings (SSSR count). The lowest BCUT2D eigenvalue weighted by Crippen LogP contribution is -2.35. The molecule has 1 amide bonds. The van der Waals surface area contributed by atoms with Crippen molar-refractivity contribution in [2.45, 2.75) is 25.3 Å². The van der Waals surface area contributed by atoms with Crippen LogP contribution in [0.15, 0.2) is 60.9 Å². The standard InChI is InChI=1S/C19H20N2O/c22-19(11-10-17-8-4-12-20-15-17)21-13-5-9-18(21)14-16-6-2-1-3-7-16/h1-4,6-8,10-12,15,18H,5,9,13-14H2/b11-10+. The highest BCUT2D eigenvalue weighted by molar-refractivity contribution is 5.92. The molecule has 112 valence electrons. The van der Waals surface area contributed by atoms with Crippen LogP contribution in [-0.2, 0) is 11.2 Å². The summed E-state index contributed by atoms with van der Waals surface area (Å²) in [7, 11) is 0. The third-order valence-corrected chi connectivity index (χ3v) is 4.08. The minimum Gasteiger partial charge on any atom is -0.336 e.